The standard InChI is InChI=1S/C13H15N5O/c1-9-2-6-11(7-3-9)18-12(15-16-17-18)8-14-13(19)10-4-5-10/h2-3,6-7,10H,4-5,8H2,1H3,(H,14,19). The Morgan fingerprint density at radius 3 is 2.79 bits per heavy atom. The monoisotopic (exact) mass is 257 g/mol. The first kappa shape index (κ1) is 11.8. The fourth-order valence-corrected chi connectivity index (χ4v) is 1.86. The Balaban J connectivity index is 1.74. The molecule has 1 aromatic heterocycles. The normalized spacial score (nSPS) is 14.4. The van der Waals surface area contributed by atoms with E-state index in [4.69, 9.17) is 0 Å². The molecule has 1 aromatic carbocycles. The molecule has 0 aliphatic heterocycles. The molecule has 1 saturated carbocycles. The lowest BCUT2D eigenvalue weighted by Crippen LogP contribution is -2.25. The molecular formula is C13H15N5O. The van der Waals surface area contributed by atoms with Gasteiger partial charge in [-0.25, -0.2) is 0 Å². The van der Waals surface area contributed by atoms with Crippen LogP contribution in [0.3, 0.4) is 0 Å². The highest BCUT2D eigenvalue weighted by Crippen LogP contribution is 2.28. The molecule has 1 heterocycles. The van der Waals surface area contributed by atoms with E-state index in [1.54, 1.807) is 4.68 Å². The lowest BCUT2D eigenvalue weighted by Gasteiger charge is -2.06. The van der Waals surface area contributed by atoms with Gasteiger partial charge in [0.25, 0.3) is 0 Å². The van der Waals surface area contributed by atoms with E-state index in [0.29, 0.717) is 12.4 Å². The van der Waals surface area contributed by atoms with Crippen LogP contribution in [0.15, 0.2) is 24.3 Å². The Bertz CT molecular complexity index is 585. The van der Waals surface area contributed by atoms with Gasteiger partial charge in [0.1, 0.15) is 0 Å². The fourth-order valence-electron chi connectivity index (χ4n) is 1.86. The summed E-state index contributed by atoms with van der Waals surface area (Å²) in [7, 11) is 0. The zero-order chi connectivity index (χ0) is 13.2. The fraction of sp³-hybridized carbons (Fsp3) is 0.385. The molecule has 2 aromatic rings. The zero-order valence-electron chi connectivity index (χ0n) is 10.7. The van der Waals surface area contributed by atoms with E-state index in [1.807, 2.05) is 31.2 Å². The average Bonchev–Trinajstić information content (AvgIpc) is 3.16. The van der Waals surface area contributed by atoms with Gasteiger partial charge in [-0.05, 0) is 42.3 Å². The van der Waals surface area contributed by atoms with Crippen molar-refractivity contribution in [1.29, 1.82) is 0 Å². The molecule has 0 bridgehead atoms. The van der Waals surface area contributed by atoms with Crippen LogP contribution in [-0.2, 0) is 11.3 Å². The summed E-state index contributed by atoms with van der Waals surface area (Å²) in [6, 6.07) is 7.92. The first-order chi connectivity index (χ1) is 9.24. The molecule has 1 aliphatic carbocycles. The van der Waals surface area contributed by atoms with Crippen molar-refractivity contribution in [2.24, 2.45) is 5.92 Å². The Kier molecular flexibility index (Phi) is 2.98. The highest BCUT2D eigenvalue weighted by molar-refractivity contribution is 5.80. The lowest BCUT2D eigenvalue weighted by atomic mass is 10.2. The first-order valence-electron chi connectivity index (χ1n) is 6.36. The SMILES string of the molecule is Cc1ccc(-n2nnnc2CNC(=O)C2CC2)cc1. The summed E-state index contributed by atoms with van der Waals surface area (Å²) in [4.78, 5) is 11.6. The third kappa shape index (κ3) is 2.62. The number of hydrogen-bond donors (Lipinski definition) is 1. The van der Waals surface area contributed by atoms with Gasteiger partial charge in [-0.1, -0.05) is 17.7 Å². The van der Waals surface area contributed by atoms with E-state index in [0.717, 1.165) is 18.5 Å². The van der Waals surface area contributed by atoms with Crippen molar-refractivity contribution in [3.05, 3.63) is 35.7 Å². The van der Waals surface area contributed by atoms with Crippen LogP contribution >= 0.6 is 0 Å². The number of amides is 1. The van der Waals surface area contributed by atoms with Gasteiger partial charge in [0.2, 0.25) is 5.91 Å². The molecule has 1 N–H and O–H groups in total. The molecule has 0 saturated heterocycles. The smallest absolute Gasteiger partial charge is 0.223 e. The van der Waals surface area contributed by atoms with Crippen LogP contribution in [-0.4, -0.2) is 26.1 Å². The Hall–Kier alpha value is -2.24. The van der Waals surface area contributed by atoms with Crippen LogP contribution in [0.2, 0.25) is 0 Å². The van der Waals surface area contributed by atoms with Gasteiger partial charge >= 0.3 is 0 Å². The van der Waals surface area contributed by atoms with Crippen molar-refractivity contribution in [3.63, 3.8) is 0 Å². The summed E-state index contributed by atoms with van der Waals surface area (Å²) in [5, 5.41) is 14.4. The molecule has 1 amide bonds. The Labute approximate surface area is 110 Å². The summed E-state index contributed by atoms with van der Waals surface area (Å²) in [5.74, 6) is 0.931. The zero-order valence-corrected chi connectivity index (χ0v) is 10.7. The predicted octanol–water partition coefficient (Wildman–Crippen LogP) is 0.997. The molecule has 0 unspecified atom stereocenters. The highest BCUT2D eigenvalue weighted by atomic mass is 16.2. The Morgan fingerprint density at radius 1 is 1.37 bits per heavy atom. The van der Waals surface area contributed by atoms with Crippen molar-refractivity contribution in [2.45, 2.75) is 26.3 Å². The van der Waals surface area contributed by atoms with Gasteiger partial charge in [-0.2, -0.15) is 4.68 Å². The van der Waals surface area contributed by atoms with Crippen molar-refractivity contribution >= 4 is 5.91 Å². The predicted molar refractivity (Wildman–Crippen MR) is 68.5 cm³/mol. The van der Waals surface area contributed by atoms with Crippen LogP contribution in [0.25, 0.3) is 5.69 Å². The van der Waals surface area contributed by atoms with E-state index < -0.39 is 0 Å². The van der Waals surface area contributed by atoms with Crippen molar-refractivity contribution in [2.75, 3.05) is 0 Å². The largest absolute Gasteiger partial charge is 0.348 e. The maximum absolute atomic E-state index is 11.6. The second kappa shape index (κ2) is 4.79. The van der Waals surface area contributed by atoms with Crippen molar-refractivity contribution < 1.29 is 4.79 Å². The number of carbonyl (C=O) groups is 1. The summed E-state index contributed by atoms with van der Waals surface area (Å²) in [5.41, 5.74) is 2.08. The molecule has 1 aliphatic rings. The van der Waals surface area contributed by atoms with Crippen molar-refractivity contribution in [1.82, 2.24) is 25.5 Å². The maximum Gasteiger partial charge on any atom is 0.223 e. The molecule has 19 heavy (non-hydrogen) atoms. The van der Waals surface area contributed by atoms with Crippen LogP contribution in [0.5, 0.6) is 0 Å². The number of benzene rings is 1. The van der Waals surface area contributed by atoms with Crippen LogP contribution in [0, 0.1) is 12.8 Å². The molecule has 98 valence electrons. The summed E-state index contributed by atoms with van der Waals surface area (Å²) in [6.07, 6.45) is 1.99. The molecule has 0 atom stereocenters. The third-order valence-corrected chi connectivity index (χ3v) is 3.18. The highest BCUT2D eigenvalue weighted by Gasteiger charge is 2.29. The van der Waals surface area contributed by atoms with Gasteiger partial charge in [0.15, 0.2) is 5.82 Å². The lowest BCUT2D eigenvalue weighted by molar-refractivity contribution is -0.122. The van der Waals surface area contributed by atoms with Gasteiger partial charge < -0.3 is 5.32 Å². The number of tetrazole rings is 1. The number of nitrogens with zero attached hydrogens (tertiary/aromatic N) is 4. The molecule has 6 heteroatoms. The maximum atomic E-state index is 11.6. The number of hydrogen-bond acceptors (Lipinski definition) is 4. The van der Waals surface area contributed by atoms with Gasteiger partial charge in [-0.15, -0.1) is 5.10 Å². The molecule has 0 radical (unpaired) electrons. The number of rotatable bonds is 4. The number of aromatic nitrogens is 4. The van der Waals surface area contributed by atoms with E-state index in [9.17, 15) is 4.79 Å². The van der Waals surface area contributed by atoms with E-state index in [1.165, 1.54) is 5.56 Å². The molecule has 6 nitrogen and oxygen atoms in total. The molecule has 3 rings (SSSR count). The van der Waals surface area contributed by atoms with Gasteiger partial charge in [0, 0.05) is 5.92 Å². The molecule has 1 fully saturated rings. The molecular weight excluding hydrogens is 242 g/mol. The second-order valence-corrected chi connectivity index (χ2v) is 4.83. The van der Waals surface area contributed by atoms with E-state index >= 15 is 0 Å². The minimum absolute atomic E-state index is 0.0958. The number of aryl methyl sites for hydroxylation is 1. The Morgan fingerprint density at radius 2 is 2.11 bits per heavy atom. The van der Waals surface area contributed by atoms with Crippen LogP contribution < -0.4 is 5.32 Å². The number of carbonyl (C=O) groups excluding carboxylic acids is 1. The van der Waals surface area contributed by atoms with Crippen LogP contribution in [0.1, 0.15) is 24.2 Å². The third-order valence-electron chi connectivity index (χ3n) is 3.18. The van der Waals surface area contributed by atoms with E-state index in [2.05, 4.69) is 20.8 Å². The topological polar surface area (TPSA) is 72.7 Å². The van der Waals surface area contributed by atoms with Gasteiger partial charge in [0.05, 0.1) is 12.2 Å². The summed E-state index contributed by atoms with van der Waals surface area (Å²) in [6.45, 7) is 2.39. The van der Waals surface area contributed by atoms with E-state index in [-0.39, 0.29) is 11.8 Å². The average molecular weight is 257 g/mol. The minimum atomic E-state index is 0.0958. The minimum Gasteiger partial charge on any atom is -0.348 e. The van der Waals surface area contributed by atoms with Crippen LogP contribution in [0.4, 0.5) is 0 Å². The summed E-state index contributed by atoms with van der Waals surface area (Å²) < 4.78 is 1.65. The van der Waals surface area contributed by atoms with Crippen molar-refractivity contribution in [3.8, 4) is 5.69 Å². The first-order valence-corrected chi connectivity index (χ1v) is 6.36. The summed E-state index contributed by atoms with van der Waals surface area (Å²) >= 11 is 0. The number of nitrogens with one attached hydrogen (secondary N) is 1. The van der Waals surface area contributed by atoms with Gasteiger partial charge in [-0.3, -0.25) is 4.79 Å². The quantitative estimate of drug-likeness (QED) is 0.886. The second-order valence-electron chi connectivity index (χ2n) is 4.83. The molecule has 0 spiro atoms.